The van der Waals surface area contributed by atoms with Crippen molar-refractivity contribution in [2.45, 2.75) is 13.5 Å². The first-order valence-electron chi connectivity index (χ1n) is 8.89. The highest BCUT2D eigenvalue weighted by molar-refractivity contribution is 5.91. The number of furan rings is 1. The van der Waals surface area contributed by atoms with Crippen LogP contribution < -0.4 is 10.1 Å². The summed E-state index contributed by atoms with van der Waals surface area (Å²) in [5.74, 6) is 2.14. The third-order valence-corrected chi connectivity index (χ3v) is 4.64. The van der Waals surface area contributed by atoms with Crippen LogP contribution in [0.25, 0.3) is 17.0 Å². The lowest BCUT2D eigenvalue weighted by Crippen LogP contribution is -2.24. The molecule has 1 aliphatic rings. The first kappa shape index (κ1) is 19.8. The van der Waals surface area contributed by atoms with Gasteiger partial charge in [0.2, 0.25) is 5.91 Å². The standard InChI is InChI=1S/C21H21N3O3.ClH/c1-14-16-5-3-4-6-17(16)27-19(14)13-24(2)20(25)8-7-15-11-18-21(23-12-15)22-9-10-26-18;/h3-8,11-12H,9-10,13H2,1-2H3,(H,22,23);1H. The zero-order chi connectivity index (χ0) is 18.8. The summed E-state index contributed by atoms with van der Waals surface area (Å²) in [4.78, 5) is 18.4. The third-order valence-electron chi connectivity index (χ3n) is 4.64. The molecule has 28 heavy (non-hydrogen) atoms. The van der Waals surface area contributed by atoms with E-state index >= 15 is 0 Å². The maximum Gasteiger partial charge on any atom is 0.246 e. The van der Waals surface area contributed by atoms with Gasteiger partial charge in [0.25, 0.3) is 0 Å². The van der Waals surface area contributed by atoms with Crippen LogP contribution >= 0.6 is 12.4 Å². The third kappa shape index (κ3) is 3.97. The number of nitrogens with zero attached hydrogens (tertiary/aromatic N) is 2. The van der Waals surface area contributed by atoms with E-state index in [0.717, 1.165) is 40.2 Å². The number of aryl methyl sites for hydroxylation is 1. The number of carbonyl (C=O) groups is 1. The molecule has 0 unspecified atom stereocenters. The quantitative estimate of drug-likeness (QED) is 0.671. The van der Waals surface area contributed by atoms with E-state index in [-0.39, 0.29) is 18.3 Å². The maximum atomic E-state index is 12.5. The van der Waals surface area contributed by atoms with Gasteiger partial charge < -0.3 is 19.4 Å². The highest BCUT2D eigenvalue weighted by Gasteiger charge is 2.14. The molecular weight excluding hydrogens is 378 g/mol. The number of hydrogen-bond acceptors (Lipinski definition) is 5. The number of pyridine rings is 1. The number of nitrogens with one attached hydrogen (secondary N) is 1. The van der Waals surface area contributed by atoms with Gasteiger partial charge in [-0.25, -0.2) is 4.98 Å². The Balaban J connectivity index is 0.00000225. The zero-order valence-electron chi connectivity index (χ0n) is 15.8. The first-order valence-corrected chi connectivity index (χ1v) is 8.89. The van der Waals surface area contributed by atoms with Crippen molar-refractivity contribution in [3.05, 3.63) is 59.5 Å². The number of hydrogen-bond donors (Lipinski definition) is 1. The lowest BCUT2D eigenvalue weighted by Gasteiger charge is -2.18. The van der Waals surface area contributed by atoms with E-state index in [9.17, 15) is 4.79 Å². The Morgan fingerprint density at radius 2 is 2.18 bits per heavy atom. The molecule has 1 N–H and O–H groups in total. The number of fused-ring (bicyclic) bond motifs is 2. The van der Waals surface area contributed by atoms with Crippen molar-refractivity contribution in [2.24, 2.45) is 0 Å². The Kier molecular flexibility index (Phi) is 5.90. The fraction of sp³-hybridized carbons (Fsp3) is 0.238. The van der Waals surface area contributed by atoms with Crippen molar-refractivity contribution < 1.29 is 13.9 Å². The number of amides is 1. The van der Waals surface area contributed by atoms with Gasteiger partial charge in [0.1, 0.15) is 18.0 Å². The second-order valence-electron chi connectivity index (χ2n) is 6.56. The molecule has 4 rings (SSSR count). The summed E-state index contributed by atoms with van der Waals surface area (Å²) >= 11 is 0. The van der Waals surface area contributed by atoms with Gasteiger partial charge in [-0.1, -0.05) is 18.2 Å². The highest BCUT2D eigenvalue weighted by Crippen LogP contribution is 2.27. The summed E-state index contributed by atoms with van der Waals surface area (Å²) in [6.07, 6.45) is 5.00. The van der Waals surface area contributed by atoms with Gasteiger partial charge in [0.05, 0.1) is 13.1 Å². The molecular formula is C21H22ClN3O3. The van der Waals surface area contributed by atoms with Crippen LogP contribution in [-0.2, 0) is 11.3 Å². The number of rotatable bonds is 4. The van der Waals surface area contributed by atoms with Crippen molar-refractivity contribution in [3.63, 3.8) is 0 Å². The lowest BCUT2D eigenvalue weighted by atomic mass is 10.1. The van der Waals surface area contributed by atoms with E-state index in [4.69, 9.17) is 9.15 Å². The Morgan fingerprint density at radius 1 is 1.36 bits per heavy atom. The van der Waals surface area contributed by atoms with Gasteiger partial charge in [-0.2, -0.15) is 0 Å². The number of anilines is 1. The fourth-order valence-electron chi connectivity index (χ4n) is 3.09. The van der Waals surface area contributed by atoms with Crippen LogP contribution in [0.5, 0.6) is 5.75 Å². The topological polar surface area (TPSA) is 67.6 Å². The summed E-state index contributed by atoms with van der Waals surface area (Å²) in [6, 6.07) is 9.77. The summed E-state index contributed by atoms with van der Waals surface area (Å²) < 4.78 is 11.5. The van der Waals surface area contributed by atoms with Gasteiger partial charge in [-0.05, 0) is 30.7 Å². The average Bonchev–Trinajstić information content (AvgIpc) is 3.01. The molecule has 3 heterocycles. The molecule has 0 spiro atoms. The number of aromatic nitrogens is 1. The summed E-state index contributed by atoms with van der Waals surface area (Å²) in [5, 5.41) is 4.25. The molecule has 0 radical (unpaired) electrons. The summed E-state index contributed by atoms with van der Waals surface area (Å²) in [7, 11) is 1.76. The van der Waals surface area contributed by atoms with Crippen LogP contribution in [0.15, 0.2) is 47.0 Å². The molecule has 3 aromatic rings. The van der Waals surface area contributed by atoms with E-state index in [1.807, 2.05) is 37.3 Å². The first-order chi connectivity index (χ1) is 13.1. The molecule has 1 amide bonds. The molecule has 0 atom stereocenters. The predicted molar refractivity (Wildman–Crippen MR) is 112 cm³/mol. The monoisotopic (exact) mass is 399 g/mol. The molecule has 1 aliphatic heterocycles. The van der Waals surface area contributed by atoms with Crippen molar-refractivity contribution in [1.29, 1.82) is 0 Å². The largest absolute Gasteiger partial charge is 0.488 e. The van der Waals surface area contributed by atoms with Gasteiger partial charge in [0, 0.05) is 30.3 Å². The molecule has 0 fully saturated rings. The molecule has 0 aliphatic carbocycles. The van der Waals surface area contributed by atoms with Crippen LogP contribution in [0.1, 0.15) is 16.9 Å². The normalized spacial score (nSPS) is 12.8. The van der Waals surface area contributed by atoms with Gasteiger partial charge in [0.15, 0.2) is 11.6 Å². The smallest absolute Gasteiger partial charge is 0.246 e. The molecule has 6 nitrogen and oxygen atoms in total. The molecule has 2 aromatic heterocycles. The summed E-state index contributed by atoms with van der Waals surface area (Å²) in [6.45, 7) is 3.79. The van der Waals surface area contributed by atoms with E-state index in [1.54, 1.807) is 24.2 Å². The van der Waals surface area contributed by atoms with Crippen LogP contribution in [0.2, 0.25) is 0 Å². The van der Waals surface area contributed by atoms with E-state index < -0.39 is 0 Å². The fourth-order valence-corrected chi connectivity index (χ4v) is 3.09. The van der Waals surface area contributed by atoms with Gasteiger partial charge in [-0.15, -0.1) is 12.4 Å². The minimum absolute atomic E-state index is 0. The number of carbonyl (C=O) groups excluding carboxylic acids is 1. The summed E-state index contributed by atoms with van der Waals surface area (Å²) in [5.41, 5.74) is 2.73. The maximum absolute atomic E-state index is 12.5. The van der Waals surface area contributed by atoms with Crippen LogP contribution in [0.3, 0.4) is 0 Å². The number of halogens is 1. The molecule has 0 saturated carbocycles. The van der Waals surface area contributed by atoms with Crippen molar-refractivity contribution >= 4 is 41.2 Å². The van der Waals surface area contributed by atoms with E-state index in [2.05, 4.69) is 10.3 Å². The minimum atomic E-state index is -0.105. The molecule has 0 saturated heterocycles. The molecule has 1 aromatic carbocycles. The van der Waals surface area contributed by atoms with Crippen LogP contribution in [-0.4, -0.2) is 36.0 Å². The molecule has 7 heteroatoms. The van der Waals surface area contributed by atoms with Crippen molar-refractivity contribution in [3.8, 4) is 5.75 Å². The van der Waals surface area contributed by atoms with Crippen molar-refractivity contribution in [1.82, 2.24) is 9.88 Å². The molecule has 146 valence electrons. The highest BCUT2D eigenvalue weighted by atomic mass is 35.5. The molecule has 0 bridgehead atoms. The van der Waals surface area contributed by atoms with Crippen LogP contribution in [0.4, 0.5) is 5.82 Å². The van der Waals surface area contributed by atoms with Gasteiger partial charge >= 0.3 is 0 Å². The van der Waals surface area contributed by atoms with E-state index in [0.29, 0.717) is 18.9 Å². The number of benzene rings is 1. The Bertz CT molecular complexity index is 1030. The second-order valence-corrected chi connectivity index (χ2v) is 6.56. The van der Waals surface area contributed by atoms with E-state index in [1.165, 1.54) is 6.08 Å². The minimum Gasteiger partial charge on any atom is -0.488 e. The average molecular weight is 400 g/mol. The Hall–Kier alpha value is -2.99. The zero-order valence-corrected chi connectivity index (χ0v) is 16.6. The second kappa shape index (κ2) is 8.35. The van der Waals surface area contributed by atoms with Gasteiger partial charge in [-0.3, -0.25) is 4.79 Å². The SMILES string of the molecule is Cc1c(CN(C)C(=O)C=Cc2cnc3c(c2)OCCN3)oc2ccccc12.Cl. The number of likely N-dealkylation sites (N-methyl/N-ethyl adjacent to an activating group) is 1. The predicted octanol–water partition coefficient (Wildman–Crippen LogP) is 4.03. The lowest BCUT2D eigenvalue weighted by molar-refractivity contribution is -0.125. The number of para-hydroxylation sites is 1. The Labute approximate surface area is 169 Å². The van der Waals surface area contributed by atoms with Crippen LogP contribution in [0, 0.1) is 6.92 Å². The van der Waals surface area contributed by atoms with Crippen molar-refractivity contribution in [2.75, 3.05) is 25.5 Å². The number of ether oxygens (including phenoxy) is 1. The Morgan fingerprint density at radius 3 is 3.00 bits per heavy atom.